The van der Waals surface area contributed by atoms with E-state index in [1.807, 2.05) is 13.8 Å². The maximum absolute atomic E-state index is 10.7. The van der Waals surface area contributed by atoms with Crippen LogP contribution >= 0.6 is 0 Å². The average Bonchev–Trinajstić information content (AvgIpc) is 2.72. The molecular weight excluding hydrogens is 316 g/mol. The summed E-state index contributed by atoms with van der Waals surface area (Å²) in [6, 6.07) is 3.47. The van der Waals surface area contributed by atoms with Crippen molar-refractivity contribution in [2.24, 2.45) is 11.8 Å². The van der Waals surface area contributed by atoms with Crippen molar-refractivity contribution in [2.45, 2.75) is 103 Å². The van der Waals surface area contributed by atoms with Gasteiger partial charge in [-0.05, 0) is 82.0 Å². The van der Waals surface area contributed by atoms with E-state index in [4.69, 9.17) is 4.43 Å². The van der Waals surface area contributed by atoms with Crippen LogP contribution in [0.15, 0.2) is 11.6 Å². The topological polar surface area (TPSA) is 49.7 Å². The molecule has 2 N–H and O–H groups in total. The third-order valence-corrected chi connectivity index (χ3v) is 11.7. The minimum atomic E-state index is -1.70. The normalized spacial score (nSPS) is 34.7. The van der Waals surface area contributed by atoms with Crippen molar-refractivity contribution in [1.82, 2.24) is 0 Å². The Bertz CT molecular complexity index is 456. The Balaban J connectivity index is 2.31. The Kier molecular flexibility index (Phi) is 6.06. The first-order valence-corrected chi connectivity index (χ1v) is 12.4. The van der Waals surface area contributed by atoms with Gasteiger partial charge in [-0.25, -0.2) is 0 Å². The molecule has 0 aromatic carbocycles. The van der Waals surface area contributed by atoms with Crippen molar-refractivity contribution in [1.29, 1.82) is 0 Å². The first-order valence-electron chi connectivity index (χ1n) is 9.91. The van der Waals surface area contributed by atoms with Crippen molar-refractivity contribution < 1.29 is 14.6 Å². The third-order valence-electron chi connectivity index (χ3n) is 6.98. The summed E-state index contributed by atoms with van der Waals surface area (Å²) >= 11 is 0. The van der Waals surface area contributed by atoms with E-state index in [1.54, 1.807) is 0 Å². The Labute approximate surface area is 149 Å². The van der Waals surface area contributed by atoms with Gasteiger partial charge in [0.15, 0.2) is 8.32 Å². The highest BCUT2D eigenvalue weighted by Crippen LogP contribution is 2.52. The maximum Gasteiger partial charge on any atom is 0.192 e. The van der Waals surface area contributed by atoms with Gasteiger partial charge in [0.2, 0.25) is 0 Å². The van der Waals surface area contributed by atoms with Crippen LogP contribution in [0.25, 0.3) is 0 Å². The van der Waals surface area contributed by atoms with Crippen LogP contribution in [0, 0.1) is 11.8 Å². The number of aliphatic hydroxyl groups excluding tert-OH is 1. The van der Waals surface area contributed by atoms with Gasteiger partial charge in [-0.2, -0.15) is 0 Å². The Morgan fingerprint density at radius 2 is 1.83 bits per heavy atom. The molecule has 140 valence electrons. The highest BCUT2D eigenvalue weighted by molar-refractivity contribution is 6.73. The predicted molar refractivity (Wildman–Crippen MR) is 103 cm³/mol. The molecule has 0 aromatic rings. The first-order chi connectivity index (χ1) is 11.1. The lowest BCUT2D eigenvalue weighted by Gasteiger charge is -2.43. The summed E-state index contributed by atoms with van der Waals surface area (Å²) in [7, 11) is -1.70. The van der Waals surface area contributed by atoms with Crippen molar-refractivity contribution >= 4 is 8.32 Å². The summed E-state index contributed by atoms with van der Waals surface area (Å²) in [6.45, 7) is 12.8. The second kappa shape index (κ2) is 7.22. The van der Waals surface area contributed by atoms with Crippen LogP contribution in [-0.2, 0) is 4.43 Å². The zero-order valence-corrected chi connectivity index (χ0v) is 17.6. The Hall–Kier alpha value is -0.163. The lowest BCUT2D eigenvalue weighted by Crippen LogP contribution is -2.49. The van der Waals surface area contributed by atoms with Gasteiger partial charge < -0.3 is 14.6 Å². The van der Waals surface area contributed by atoms with E-state index in [-0.39, 0.29) is 11.7 Å². The zero-order valence-electron chi connectivity index (χ0n) is 16.6. The molecule has 0 aromatic heterocycles. The molecule has 0 aliphatic heterocycles. The molecule has 0 saturated heterocycles. The zero-order chi connectivity index (χ0) is 18.2. The fourth-order valence-electron chi connectivity index (χ4n) is 4.97. The molecule has 0 heterocycles. The van der Waals surface area contributed by atoms with Crippen molar-refractivity contribution in [3.05, 3.63) is 11.6 Å². The monoisotopic (exact) mass is 354 g/mol. The van der Waals surface area contributed by atoms with Crippen LogP contribution in [0.2, 0.25) is 18.1 Å². The minimum absolute atomic E-state index is 0.158. The SMILES string of the molecule is CC[Si](CC)(CC)O[C@]1(C)CC[C@@H]2[C@H]1CC(C(C)(C)O)=CC[C@@H]2O. The van der Waals surface area contributed by atoms with E-state index in [9.17, 15) is 10.2 Å². The third kappa shape index (κ3) is 3.82. The fourth-order valence-corrected chi connectivity index (χ4v) is 8.14. The largest absolute Gasteiger partial charge is 0.411 e. The Morgan fingerprint density at radius 3 is 2.33 bits per heavy atom. The molecule has 1 saturated carbocycles. The van der Waals surface area contributed by atoms with Crippen LogP contribution in [-0.4, -0.2) is 35.8 Å². The summed E-state index contributed by atoms with van der Waals surface area (Å²) in [6.07, 6.45) is 5.36. The highest BCUT2D eigenvalue weighted by Gasteiger charge is 2.52. The number of rotatable bonds is 6. The van der Waals surface area contributed by atoms with E-state index in [0.29, 0.717) is 18.3 Å². The van der Waals surface area contributed by atoms with Gasteiger partial charge in [-0.1, -0.05) is 26.8 Å². The second-order valence-electron chi connectivity index (χ2n) is 8.76. The van der Waals surface area contributed by atoms with Crippen LogP contribution in [0.4, 0.5) is 0 Å². The number of hydrogen-bond acceptors (Lipinski definition) is 3. The van der Waals surface area contributed by atoms with Gasteiger partial charge in [0.1, 0.15) is 0 Å². The van der Waals surface area contributed by atoms with Crippen molar-refractivity contribution in [2.75, 3.05) is 0 Å². The molecule has 3 nitrogen and oxygen atoms in total. The van der Waals surface area contributed by atoms with E-state index >= 15 is 0 Å². The van der Waals surface area contributed by atoms with Gasteiger partial charge in [0, 0.05) is 0 Å². The number of aliphatic hydroxyl groups is 2. The molecule has 0 amide bonds. The summed E-state index contributed by atoms with van der Waals surface area (Å²) in [5.74, 6) is 0.604. The molecule has 0 unspecified atom stereocenters. The lowest BCUT2D eigenvalue weighted by atomic mass is 9.79. The molecular formula is C20H38O3Si. The van der Waals surface area contributed by atoms with Gasteiger partial charge >= 0.3 is 0 Å². The number of hydrogen-bond donors (Lipinski definition) is 2. The summed E-state index contributed by atoms with van der Waals surface area (Å²) in [5, 5.41) is 21.2. The molecule has 4 heteroatoms. The van der Waals surface area contributed by atoms with E-state index in [2.05, 4.69) is 33.8 Å². The van der Waals surface area contributed by atoms with Crippen molar-refractivity contribution in [3.63, 3.8) is 0 Å². The van der Waals surface area contributed by atoms with E-state index in [1.165, 1.54) is 0 Å². The molecule has 1 fully saturated rings. The second-order valence-corrected chi connectivity index (χ2v) is 13.5. The molecule has 0 spiro atoms. The minimum Gasteiger partial charge on any atom is -0.411 e. The maximum atomic E-state index is 10.7. The molecule has 0 bridgehead atoms. The van der Waals surface area contributed by atoms with E-state index < -0.39 is 13.9 Å². The fraction of sp³-hybridized carbons (Fsp3) is 0.900. The Morgan fingerprint density at radius 1 is 1.25 bits per heavy atom. The summed E-state index contributed by atoms with van der Waals surface area (Å²) in [4.78, 5) is 0. The van der Waals surface area contributed by atoms with Crippen LogP contribution < -0.4 is 0 Å². The molecule has 24 heavy (non-hydrogen) atoms. The molecule has 0 radical (unpaired) electrons. The standard InChI is InChI=1S/C20H38O3Si/c1-7-24(8-2,9-3)23-20(6)13-12-16-17(20)14-15(19(4,5)22)10-11-18(16)21/h10,16-18,21-22H,7-9,11-14H2,1-6H3/t16-,17-,18+,20-/m1/s1. The quantitative estimate of drug-likeness (QED) is 0.539. The molecule has 2 aliphatic rings. The van der Waals surface area contributed by atoms with Crippen LogP contribution in [0.1, 0.15) is 67.2 Å². The van der Waals surface area contributed by atoms with E-state index in [0.717, 1.165) is 43.0 Å². The first kappa shape index (κ1) is 20.2. The summed E-state index contributed by atoms with van der Waals surface area (Å²) in [5.41, 5.74) is 0.101. The van der Waals surface area contributed by atoms with Gasteiger partial charge in [0.05, 0.1) is 17.3 Å². The van der Waals surface area contributed by atoms with Crippen molar-refractivity contribution in [3.8, 4) is 0 Å². The molecule has 2 aliphatic carbocycles. The summed E-state index contributed by atoms with van der Waals surface area (Å²) < 4.78 is 6.99. The number of fused-ring (bicyclic) bond motifs is 1. The highest BCUT2D eigenvalue weighted by atomic mass is 28.4. The smallest absolute Gasteiger partial charge is 0.192 e. The molecule has 2 rings (SSSR count). The van der Waals surface area contributed by atoms with Gasteiger partial charge in [-0.3, -0.25) is 0 Å². The van der Waals surface area contributed by atoms with Crippen LogP contribution in [0.3, 0.4) is 0 Å². The predicted octanol–water partition coefficient (Wildman–Crippen LogP) is 4.65. The lowest BCUT2D eigenvalue weighted by molar-refractivity contribution is -0.00235. The molecule has 4 atom stereocenters. The van der Waals surface area contributed by atoms with Gasteiger partial charge in [-0.15, -0.1) is 0 Å². The van der Waals surface area contributed by atoms with Crippen LogP contribution in [0.5, 0.6) is 0 Å². The average molecular weight is 355 g/mol. The van der Waals surface area contributed by atoms with Gasteiger partial charge in [0.25, 0.3) is 0 Å².